The van der Waals surface area contributed by atoms with Gasteiger partial charge < -0.3 is 18.8 Å². The smallest absolute Gasteiger partial charge is 0.180 e. The SMILES string of the molecule is COc1ccc(-c2ccc3c(c2)c2cc(-c4ccc(OC)cc4)ccc2n3CC2COC(C)=N2)cc1. The summed E-state index contributed by atoms with van der Waals surface area (Å²) in [6.45, 7) is 3.33. The number of methoxy groups -OCH3 is 2. The van der Waals surface area contributed by atoms with Crippen LogP contribution in [0.5, 0.6) is 11.5 Å². The Morgan fingerprint density at radius 1 is 0.722 bits per heavy atom. The summed E-state index contributed by atoms with van der Waals surface area (Å²) < 4.78 is 18.7. The average Bonchev–Trinajstić information content (AvgIpc) is 3.48. The summed E-state index contributed by atoms with van der Waals surface area (Å²) in [6, 6.07) is 30.0. The second-order valence-corrected chi connectivity index (χ2v) is 9.14. The van der Waals surface area contributed by atoms with Gasteiger partial charge in [0.1, 0.15) is 24.1 Å². The van der Waals surface area contributed by atoms with Gasteiger partial charge >= 0.3 is 0 Å². The maximum absolute atomic E-state index is 5.65. The van der Waals surface area contributed by atoms with Gasteiger partial charge in [0.05, 0.1) is 14.2 Å². The summed E-state index contributed by atoms with van der Waals surface area (Å²) in [7, 11) is 3.38. The van der Waals surface area contributed by atoms with E-state index in [1.165, 1.54) is 32.9 Å². The number of aliphatic imine (C=N–C) groups is 1. The van der Waals surface area contributed by atoms with E-state index >= 15 is 0 Å². The molecule has 1 aliphatic rings. The maximum atomic E-state index is 5.65. The fourth-order valence-corrected chi connectivity index (χ4v) is 5.08. The highest BCUT2D eigenvalue weighted by Crippen LogP contribution is 2.36. The third-order valence-electron chi connectivity index (χ3n) is 6.95. The monoisotopic (exact) mass is 476 g/mol. The number of nitrogens with zero attached hydrogens (tertiary/aromatic N) is 2. The molecule has 0 spiro atoms. The summed E-state index contributed by atoms with van der Waals surface area (Å²) >= 11 is 0. The first-order valence-electron chi connectivity index (χ1n) is 12.1. The van der Waals surface area contributed by atoms with E-state index < -0.39 is 0 Å². The molecule has 4 aromatic carbocycles. The van der Waals surface area contributed by atoms with Crippen LogP contribution in [0.2, 0.25) is 0 Å². The third kappa shape index (κ3) is 3.97. The van der Waals surface area contributed by atoms with Gasteiger partial charge in [-0.2, -0.15) is 0 Å². The minimum atomic E-state index is 0.117. The molecule has 2 heterocycles. The Labute approximate surface area is 210 Å². The van der Waals surface area contributed by atoms with Gasteiger partial charge in [-0.25, -0.2) is 4.99 Å². The molecule has 5 heteroatoms. The van der Waals surface area contributed by atoms with E-state index in [9.17, 15) is 0 Å². The summed E-state index contributed by atoms with van der Waals surface area (Å²) in [6.07, 6.45) is 0. The molecule has 1 aliphatic heterocycles. The van der Waals surface area contributed by atoms with Crippen LogP contribution in [0.4, 0.5) is 0 Å². The molecule has 180 valence electrons. The molecule has 36 heavy (non-hydrogen) atoms. The summed E-state index contributed by atoms with van der Waals surface area (Å²) in [5, 5.41) is 2.46. The summed E-state index contributed by atoms with van der Waals surface area (Å²) in [5.74, 6) is 2.48. The summed E-state index contributed by atoms with van der Waals surface area (Å²) in [5.41, 5.74) is 7.08. The van der Waals surface area contributed by atoms with Crippen LogP contribution in [-0.4, -0.2) is 37.3 Å². The van der Waals surface area contributed by atoms with Crippen molar-refractivity contribution in [1.82, 2.24) is 4.57 Å². The molecular weight excluding hydrogens is 448 g/mol. The fourth-order valence-electron chi connectivity index (χ4n) is 5.08. The number of aromatic nitrogens is 1. The number of hydrogen-bond acceptors (Lipinski definition) is 4. The van der Waals surface area contributed by atoms with Crippen molar-refractivity contribution >= 4 is 27.7 Å². The Bertz CT molecular complexity index is 1480. The van der Waals surface area contributed by atoms with E-state index in [1.54, 1.807) is 14.2 Å². The van der Waals surface area contributed by atoms with Gasteiger partial charge in [-0.3, -0.25) is 0 Å². The normalized spacial score (nSPS) is 15.2. The van der Waals surface area contributed by atoms with Gasteiger partial charge in [-0.1, -0.05) is 36.4 Å². The van der Waals surface area contributed by atoms with E-state index in [4.69, 9.17) is 14.2 Å². The Morgan fingerprint density at radius 3 is 1.61 bits per heavy atom. The van der Waals surface area contributed by atoms with Crippen molar-refractivity contribution in [2.24, 2.45) is 4.99 Å². The largest absolute Gasteiger partial charge is 0.497 e. The first kappa shape index (κ1) is 22.2. The van der Waals surface area contributed by atoms with Crippen molar-refractivity contribution in [1.29, 1.82) is 0 Å². The van der Waals surface area contributed by atoms with E-state index in [0.29, 0.717) is 6.61 Å². The maximum Gasteiger partial charge on any atom is 0.180 e. The van der Waals surface area contributed by atoms with Crippen molar-refractivity contribution in [3.63, 3.8) is 0 Å². The zero-order chi connectivity index (χ0) is 24.6. The van der Waals surface area contributed by atoms with Crippen LogP contribution in [-0.2, 0) is 11.3 Å². The first-order chi connectivity index (χ1) is 17.6. The van der Waals surface area contributed by atoms with Crippen LogP contribution in [0.3, 0.4) is 0 Å². The second-order valence-electron chi connectivity index (χ2n) is 9.14. The number of rotatable bonds is 6. The lowest BCUT2D eigenvalue weighted by molar-refractivity contribution is 0.305. The van der Waals surface area contributed by atoms with Crippen LogP contribution in [0.1, 0.15) is 6.92 Å². The Kier molecular flexibility index (Phi) is 5.61. The van der Waals surface area contributed by atoms with Crippen molar-refractivity contribution in [2.45, 2.75) is 19.5 Å². The highest BCUT2D eigenvalue weighted by atomic mass is 16.5. The lowest BCUT2D eigenvalue weighted by Crippen LogP contribution is -2.15. The second kappa shape index (κ2) is 9.08. The van der Waals surface area contributed by atoms with Gasteiger partial charge in [0.25, 0.3) is 0 Å². The minimum Gasteiger partial charge on any atom is -0.497 e. The van der Waals surface area contributed by atoms with Crippen LogP contribution in [0.15, 0.2) is 89.9 Å². The fraction of sp³-hybridized carbons (Fsp3) is 0.194. The molecule has 0 radical (unpaired) electrons. The molecule has 1 aromatic heterocycles. The first-order valence-corrected chi connectivity index (χ1v) is 12.1. The number of fused-ring (bicyclic) bond motifs is 3. The van der Waals surface area contributed by atoms with Gasteiger partial charge in [0.15, 0.2) is 5.90 Å². The van der Waals surface area contributed by atoms with E-state index in [0.717, 1.165) is 35.1 Å². The van der Waals surface area contributed by atoms with Crippen molar-refractivity contribution in [3.05, 3.63) is 84.9 Å². The molecule has 6 rings (SSSR count). The zero-order valence-electron chi connectivity index (χ0n) is 20.7. The molecule has 0 bridgehead atoms. The Hall–Kier alpha value is -4.25. The molecular formula is C31H28N2O3. The molecule has 0 fully saturated rings. The molecule has 5 aromatic rings. The standard InChI is InChI=1S/C31H28N2O3/c1-20-32-25(19-36-20)18-33-30-14-8-23(21-4-10-26(34-2)11-5-21)16-28(30)29-17-24(9-15-31(29)33)22-6-12-27(35-3)13-7-22/h4-17,25H,18-19H2,1-3H3. The minimum absolute atomic E-state index is 0.117. The average molecular weight is 477 g/mol. The molecule has 0 aliphatic carbocycles. The van der Waals surface area contributed by atoms with Gasteiger partial charge in [0.2, 0.25) is 0 Å². The van der Waals surface area contributed by atoms with Gasteiger partial charge in [-0.15, -0.1) is 0 Å². The lowest BCUT2D eigenvalue weighted by Gasteiger charge is -2.11. The van der Waals surface area contributed by atoms with Crippen molar-refractivity contribution in [2.75, 3.05) is 20.8 Å². The topological polar surface area (TPSA) is 45.0 Å². The Balaban J connectivity index is 1.51. The van der Waals surface area contributed by atoms with Crippen LogP contribution in [0, 0.1) is 0 Å². The number of hydrogen-bond donors (Lipinski definition) is 0. The highest BCUT2D eigenvalue weighted by molar-refractivity contribution is 6.10. The molecule has 1 atom stereocenters. The van der Waals surface area contributed by atoms with Crippen molar-refractivity contribution < 1.29 is 14.2 Å². The quantitative estimate of drug-likeness (QED) is 0.266. The van der Waals surface area contributed by atoms with Crippen LogP contribution in [0.25, 0.3) is 44.1 Å². The molecule has 1 unspecified atom stereocenters. The molecule has 0 saturated carbocycles. The van der Waals surface area contributed by atoms with Gasteiger partial charge in [-0.05, 0) is 70.8 Å². The lowest BCUT2D eigenvalue weighted by atomic mass is 10.00. The summed E-state index contributed by atoms with van der Waals surface area (Å²) in [4.78, 5) is 4.69. The molecule has 0 saturated heterocycles. The molecule has 0 amide bonds. The van der Waals surface area contributed by atoms with E-state index in [2.05, 4.69) is 70.2 Å². The number of benzene rings is 4. The number of ether oxygens (including phenoxy) is 3. The van der Waals surface area contributed by atoms with Crippen molar-refractivity contribution in [3.8, 4) is 33.8 Å². The van der Waals surface area contributed by atoms with Crippen LogP contribution < -0.4 is 9.47 Å². The molecule has 0 N–H and O–H groups in total. The Morgan fingerprint density at radius 2 is 1.19 bits per heavy atom. The van der Waals surface area contributed by atoms with Crippen LogP contribution >= 0.6 is 0 Å². The third-order valence-corrected chi connectivity index (χ3v) is 6.95. The van der Waals surface area contributed by atoms with E-state index in [-0.39, 0.29) is 6.04 Å². The molecule has 5 nitrogen and oxygen atoms in total. The van der Waals surface area contributed by atoms with Gasteiger partial charge in [0, 0.05) is 35.3 Å². The highest BCUT2D eigenvalue weighted by Gasteiger charge is 2.20. The van der Waals surface area contributed by atoms with E-state index in [1.807, 2.05) is 31.2 Å². The zero-order valence-corrected chi connectivity index (χ0v) is 20.7. The predicted octanol–water partition coefficient (Wildman–Crippen LogP) is 6.96. The predicted molar refractivity (Wildman–Crippen MR) is 146 cm³/mol.